The molecule has 0 aliphatic carbocycles. The van der Waals surface area contributed by atoms with Gasteiger partial charge in [0.05, 0.1) is 44.8 Å². The average molecular weight is 1740 g/mol. The van der Waals surface area contributed by atoms with Crippen molar-refractivity contribution in [3.8, 4) is 0 Å². The maximum Gasteiger partial charge on any atom is 0.159 e. The maximum atomic E-state index is 4.24. The molecule has 1 aromatic carbocycles. The summed E-state index contributed by atoms with van der Waals surface area (Å²) in [5, 5.41) is 13.7. The summed E-state index contributed by atoms with van der Waals surface area (Å²) in [6.07, 6.45) is 43.3. The van der Waals surface area contributed by atoms with Crippen LogP contribution >= 0.6 is 0 Å². The highest BCUT2D eigenvalue weighted by Gasteiger charge is 2.02. The van der Waals surface area contributed by atoms with Gasteiger partial charge in [0.15, 0.2) is 5.65 Å². The van der Waals surface area contributed by atoms with Crippen molar-refractivity contribution in [2.75, 3.05) is 0 Å². The van der Waals surface area contributed by atoms with Crippen LogP contribution in [-0.4, -0.2) is 99.7 Å². The predicted octanol–water partition coefficient (Wildman–Crippen LogP) is 29.6. The lowest BCUT2D eigenvalue weighted by Crippen LogP contribution is -1.85. The summed E-state index contributed by atoms with van der Waals surface area (Å²) in [5.41, 5.74) is 18.6. The lowest BCUT2D eigenvalue weighted by atomic mass is 10.2. The molecule has 0 aliphatic rings. The Morgan fingerprint density at radius 1 is 0.162 bits per heavy atom. The lowest BCUT2D eigenvalue weighted by Gasteiger charge is -1.97. The van der Waals surface area contributed by atoms with Crippen LogP contribution in [0.1, 0.15) is 195 Å². The first-order valence-corrected chi connectivity index (χ1v) is 45.3. The lowest BCUT2D eigenvalue weighted by molar-refractivity contribution is 1.15. The van der Waals surface area contributed by atoms with Gasteiger partial charge in [0.25, 0.3) is 0 Å². The molecule has 19 aromatic heterocycles. The number of aryl methyl sites for hydroxylation is 10. The maximum absolute atomic E-state index is 4.24. The highest BCUT2D eigenvalue weighted by atomic mass is 14.8. The second-order valence-corrected chi connectivity index (χ2v) is 25.3. The van der Waals surface area contributed by atoms with E-state index in [9.17, 15) is 0 Å². The van der Waals surface area contributed by atoms with Crippen LogP contribution in [0.3, 0.4) is 0 Å². The van der Waals surface area contributed by atoms with Gasteiger partial charge in [-0.1, -0.05) is 157 Å². The van der Waals surface area contributed by atoms with Gasteiger partial charge >= 0.3 is 0 Å². The van der Waals surface area contributed by atoms with Crippen LogP contribution in [0.4, 0.5) is 0 Å². The predicted molar refractivity (Wildman–Crippen MR) is 556 cm³/mol. The number of benzene rings is 1. The molecule has 0 fully saturated rings. The Kier molecular flexibility index (Phi) is 61.0. The number of hydrogen-bond acceptors (Lipinski definition) is 20. The second-order valence-electron chi connectivity index (χ2n) is 25.3. The Labute approximate surface area is 774 Å². The van der Waals surface area contributed by atoms with Crippen molar-refractivity contribution < 1.29 is 0 Å². The molecule has 0 radical (unpaired) electrons. The number of para-hydroxylation sites is 1. The number of pyridine rings is 18. The van der Waals surface area contributed by atoms with Crippen molar-refractivity contribution in [3.05, 3.63) is 363 Å². The highest BCUT2D eigenvalue weighted by Crippen LogP contribution is 2.19. The Hall–Kier alpha value is -14.4. The van der Waals surface area contributed by atoms with Gasteiger partial charge in [0.2, 0.25) is 0 Å². The van der Waals surface area contributed by atoms with Gasteiger partial charge in [0, 0.05) is 230 Å². The molecule has 0 N–H and O–H groups in total. The molecule has 680 valence electrons. The smallest absolute Gasteiger partial charge is 0.159 e. The van der Waals surface area contributed by atoms with Crippen molar-refractivity contribution >= 4 is 109 Å². The molecular formula is C110H140N20. The van der Waals surface area contributed by atoms with Crippen molar-refractivity contribution in [2.24, 2.45) is 0 Å². The molecule has 0 spiro atoms. The van der Waals surface area contributed by atoms with Gasteiger partial charge in [-0.3, -0.25) is 79.7 Å². The third-order valence-electron chi connectivity index (χ3n) is 16.7. The van der Waals surface area contributed by atoms with E-state index in [1.165, 1.54) is 27.5 Å². The summed E-state index contributed by atoms with van der Waals surface area (Å²) in [6, 6.07) is 51.7. The molecule has 130 heavy (non-hydrogen) atoms. The normalized spacial score (nSPS) is 9.15. The summed E-state index contributed by atoms with van der Waals surface area (Å²) in [7, 11) is 0. The molecule has 0 saturated carbocycles. The fourth-order valence-electron chi connectivity index (χ4n) is 11.1. The number of aromatic nitrogens is 20. The molecule has 20 nitrogen and oxygen atoms in total. The van der Waals surface area contributed by atoms with Gasteiger partial charge in [-0.15, -0.1) is 0 Å². The van der Waals surface area contributed by atoms with Gasteiger partial charge < -0.3 is 0 Å². The van der Waals surface area contributed by atoms with Crippen LogP contribution in [0.25, 0.3) is 109 Å². The zero-order valence-electron chi connectivity index (χ0n) is 82.8. The molecule has 20 rings (SSSR count). The van der Waals surface area contributed by atoms with Crippen LogP contribution in [-0.2, 0) is 0 Å². The van der Waals surface area contributed by atoms with E-state index in [1.807, 2.05) is 415 Å². The Morgan fingerprint density at radius 3 is 1.18 bits per heavy atom. The van der Waals surface area contributed by atoms with Crippen molar-refractivity contribution in [2.45, 2.75) is 208 Å². The van der Waals surface area contributed by atoms with Crippen LogP contribution in [0.2, 0.25) is 0 Å². The highest BCUT2D eigenvalue weighted by molar-refractivity contribution is 5.86. The molecule has 0 bridgehead atoms. The van der Waals surface area contributed by atoms with E-state index in [0.29, 0.717) is 0 Å². The number of rotatable bonds is 0. The van der Waals surface area contributed by atoms with Gasteiger partial charge in [0.1, 0.15) is 6.33 Å². The summed E-state index contributed by atoms with van der Waals surface area (Å²) in [5.74, 6) is 0. The molecule has 0 saturated heterocycles. The standard InChI is InChI=1S/10C9H8N2.10C2H6/c1-7-9-3-4-10-6-8(9)2-5-11-7;1-7-9-6-10-4-2-8(9)3-5-11-7;1-7-4-9-5-10-3-2-8(9)6-11-7;1-7-4-8-6-10-3-2-9(8)11-5-7;1-7-4-8-2-3-10-6-9(8)11-5-7;1-7-8-3-2-5-11-9(8)4-6-10-7;1-7-5-9-8(6-11-7)3-2-4-10-9;1-7-5-9-8(11-6-7)3-2-4-10-9;1-7-5-8-3-2-4-10-9(8)11-6-7;1-7-8-4-2-3-5-9(8)11-6-10-7;10*1-2/h10*2-6H,1H3;10*1-2H3. The van der Waals surface area contributed by atoms with Crippen molar-refractivity contribution in [3.63, 3.8) is 0 Å². The van der Waals surface area contributed by atoms with E-state index in [0.717, 1.165) is 138 Å². The third kappa shape index (κ3) is 40.1. The summed E-state index contributed by atoms with van der Waals surface area (Å²) >= 11 is 0. The number of fused-ring (bicyclic) bond motifs is 10. The zero-order valence-corrected chi connectivity index (χ0v) is 82.8. The van der Waals surface area contributed by atoms with Crippen LogP contribution in [0.15, 0.2) is 307 Å². The van der Waals surface area contributed by atoms with E-state index in [-0.39, 0.29) is 0 Å². The summed E-state index contributed by atoms with van der Waals surface area (Å²) < 4.78 is 0. The molecule has 0 amide bonds. The van der Waals surface area contributed by atoms with E-state index in [4.69, 9.17) is 0 Å². The Morgan fingerprint density at radius 2 is 0.554 bits per heavy atom. The number of nitrogens with zero attached hydrogens (tertiary/aromatic N) is 20. The molecule has 19 heterocycles. The number of hydrogen-bond donors (Lipinski definition) is 0. The van der Waals surface area contributed by atoms with Gasteiger partial charge in [-0.2, -0.15) is 0 Å². The first-order valence-electron chi connectivity index (χ1n) is 45.3. The largest absolute Gasteiger partial charge is 0.264 e. The van der Waals surface area contributed by atoms with Gasteiger partial charge in [-0.05, 0) is 236 Å². The zero-order chi connectivity index (χ0) is 96.8. The van der Waals surface area contributed by atoms with E-state index in [1.54, 1.807) is 80.7 Å². The first kappa shape index (κ1) is 114. The molecule has 0 aliphatic heterocycles. The van der Waals surface area contributed by atoms with E-state index >= 15 is 0 Å². The first-order chi connectivity index (χ1) is 63.7. The molecule has 0 atom stereocenters. The van der Waals surface area contributed by atoms with Crippen LogP contribution in [0, 0.1) is 69.2 Å². The molecular weight excluding hydrogens is 1600 g/mol. The fourth-order valence-corrected chi connectivity index (χ4v) is 11.1. The minimum atomic E-state index is 0.818. The summed E-state index contributed by atoms with van der Waals surface area (Å²) in [4.78, 5) is 82.7. The van der Waals surface area contributed by atoms with Gasteiger partial charge in [-0.25, -0.2) is 19.9 Å². The van der Waals surface area contributed by atoms with Crippen molar-refractivity contribution in [1.29, 1.82) is 0 Å². The molecule has 0 unspecified atom stereocenters. The topological polar surface area (TPSA) is 258 Å². The Balaban J connectivity index is 0.000000706. The SMILES string of the molecule is CC.CC.CC.CC.CC.CC.CC.CC.CC.CC.Cc1cc2cnccc2cn1.Cc1cc2ncccc2cn1.Cc1cnc2cccnc2c1.Cc1cnc2ccncc2c1.Cc1cnc2cnccc2c1.Cc1cnc2ncccc2c1.Cc1nccc2ccncc12.Cc1nccc2cnccc12.Cc1nccc2ncccc12.Cc1ncnc2ccccc12. The minimum Gasteiger partial charge on any atom is -0.264 e. The minimum absolute atomic E-state index is 0.818. The second kappa shape index (κ2) is 69.8. The monoisotopic (exact) mass is 1740 g/mol. The summed E-state index contributed by atoms with van der Waals surface area (Å²) in [6.45, 7) is 60.0. The van der Waals surface area contributed by atoms with Crippen molar-refractivity contribution in [1.82, 2.24) is 99.7 Å². The molecule has 20 heteroatoms. The van der Waals surface area contributed by atoms with E-state index < -0.39 is 0 Å². The van der Waals surface area contributed by atoms with Crippen LogP contribution < -0.4 is 0 Å². The third-order valence-corrected chi connectivity index (χ3v) is 16.7. The fraction of sp³-hybridized carbons (Fsp3) is 0.273. The van der Waals surface area contributed by atoms with Crippen LogP contribution in [0.5, 0.6) is 0 Å². The molecule has 20 aromatic rings. The quantitative estimate of drug-likeness (QED) is 0.137. The average Bonchev–Trinajstić information content (AvgIpc) is 0.838. The van der Waals surface area contributed by atoms with E-state index in [2.05, 4.69) is 118 Å². The Bertz CT molecular complexity index is 5430.